The summed E-state index contributed by atoms with van der Waals surface area (Å²) in [6, 6.07) is 9.72. The molecule has 1 unspecified atom stereocenters. The number of benzene rings is 1. The van der Waals surface area contributed by atoms with E-state index < -0.39 is 6.10 Å². The maximum absolute atomic E-state index is 11.2. The minimum absolute atomic E-state index is 0.0187. The van der Waals surface area contributed by atoms with Crippen molar-refractivity contribution in [3.8, 4) is 11.8 Å². The highest BCUT2D eigenvalue weighted by Gasteiger charge is 2.03. The van der Waals surface area contributed by atoms with Gasteiger partial charge in [-0.05, 0) is 11.5 Å². The summed E-state index contributed by atoms with van der Waals surface area (Å²) in [5, 5.41) is 9.14. The van der Waals surface area contributed by atoms with Crippen molar-refractivity contribution in [3.63, 3.8) is 0 Å². The minimum Gasteiger partial charge on any atom is -0.389 e. The van der Waals surface area contributed by atoms with E-state index in [0.717, 1.165) is 5.56 Å². The van der Waals surface area contributed by atoms with Crippen molar-refractivity contribution >= 4 is 5.78 Å². The van der Waals surface area contributed by atoms with Crippen molar-refractivity contribution in [3.05, 3.63) is 48.6 Å². The molecule has 0 amide bonds. The lowest BCUT2D eigenvalue weighted by atomic mass is 10.2. The maximum atomic E-state index is 11.2. The molecular formula is C15H16O3. The van der Waals surface area contributed by atoms with Gasteiger partial charge in [0.25, 0.3) is 0 Å². The zero-order chi connectivity index (χ0) is 13.2. The van der Waals surface area contributed by atoms with E-state index in [1.54, 1.807) is 0 Å². The lowest BCUT2D eigenvalue weighted by molar-refractivity contribution is -0.115. The first-order valence-electron chi connectivity index (χ1n) is 5.66. The summed E-state index contributed by atoms with van der Waals surface area (Å²) >= 11 is 0. The number of hydrogen-bond acceptors (Lipinski definition) is 3. The molecule has 94 valence electrons. The molecule has 0 heterocycles. The summed E-state index contributed by atoms with van der Waals surface area (Å²) in [4.78, 5) is 11.2. The van der Waals surface area contributed by atoms with Gasteiger partial charge >= 0.3 is 0 Å². The van der Waals surface area contributed by atoms with Gasteiger partial charge < -0.3 is 9.84 Å². The molecule has 0 aliphatic rings. The number of aliphatic hydroxyl groups excluding tert-OH is 1. The molecule has 0 saturated heterocycles. The highest BCUT2D eigenvalue weighted by atomic mass is 16.5. The van der Waals surface area contributed by atoms with E-state index in [1.807, 2.05) is 30.3 Å². The SMILES string of the molecule is C=CC(O)CC(=O)C#CCOCc1ccccc1. The van der Waals surface area contributed by atoms with Gasteiger partial charge in [0.1, 0.15) is 6.61 Å². The van der Waals surface area contributed by atoms with E-state index in [4.69, 9.17) is 9.84 Å². The van der Waals surface area contributed by atoms with Crippen LogP contribution in [0.1, 0.15) is 12.0 Å². The van der Waals surface area contributed by atoms with Crippen molar-refractivity contribution in [1.29, 1.82) is 0 Å². The normalized spacial score (nSPS) is 11.2. The summed E-state index contributed by atoms with van der Waals surface area (Å²) in [6.07, 6.45) is 0.470. The Morgan fingerprint density at radius 1 is 1.44 bits per heavy atom. The molecule has 0 aliphatic heterocycles. The average molecular weight is 244 g/mol. The molecule has 18 heavy (non-hydrogen) atoms. The maximum Gasteiger partial charge on any atom is 0.208 e. The molecule has 0 bridgehead atoms. The zero-order valence-electron chi connectivity index (χ0n) is 10.1. The molecule has 1 aromatic rings. The summed E-state index contributed by atoms with van der Waals surface area (Å²) in [5.74, 6) is 4.72. The molecule has 0 aliphatic carbocycles. The van der Waals surface area contributed by atoms with E-state index in [0.29, 0.717) is 6.61 Å². The van der Waals surface area contributed by atoms with Gasteiger partial charge in [-0.25, -0.2) is 0 Å². The smallest absolute Gasteiger partial charge is 0.208 e. The predicted molar refractivity (Wildman–Crippen MR) is 69.7 cm³/mol. The Morgan fingerprint density at radius 3 is 2.83 bits per heavy atom. The number of carbonyl (C=O) groups excluding carboxylic acids is 1. The average Bonchev–Trinajstić information content (AvgIpc) is 2.39. The van der Waals surface area contributed by atoms with Crippen molar-refractivity contribution < 1.29 is 14.6 Å². The van der Waals surface area contributed by atoms with Crippen molar-refractivity contribution in [1.82, 2.24) is 0 Å². The molecule has 3 nitrogen and oxygen atoms in total. The number of rotatable bonds is 6. The molecule has 0 aromatic heterocycles. The molecule has 1 aromatic carbocycles. The summed E-state index contributed by atoms with van der Waals surface area (Å²) < 4.78 is 5.29. The van der Waals surface area contributed by atoms with Crippen LogP contribution in [0.2, 0.25) is 0 Å². The van der Waals surface area contributed by atoms with Gasteiger partial charge in [-0.1, -0.05) is 42.3 Å². The molecule has 3 heteroatoms. The molecule has 0 radical (unpaired) electrons. The molecule has 0 spiro atoms. The van der Waals surface area contributed by atoms with E-state index in [2.05, 4.69) is 18.4 Å². The van der Waals surface area contributed by atoms with Crippen LogP contribution in [-0.4, -0.2) is 23.6 Å². The number of Topliss-reactive ketones (excluding diaryl/α,β-unsaturated/α-hetero) is 1. The molecule has 0 fully saturated rings. The van der Waals surface area contributed by atoms with Crippen molar-refractivity contribution in [2.75, 3.05) is 6.61 Å². The van der Waals surface area contributed by atoms with Gasteiger partial charge in [-0.2, -0.15) is 0 Å². The van der Waals surface area contributed by atoms with Crippen LogP contribution < -0.4 is 0 Å². The number of carbonyl (C=O) groups is 1. The van der Waals surface area contributed by atoms with Crippen LogP contribution in [0.3, 0.4) is 0 Å². The molecule has 1 N–H and O–H groups in total. The third-order valence-corrected chi connectivity index (χ3v) is 2.18. The van der Waals surface area contributed by atoms with Crippen LogP contribution >= 0.6 is 0 Å². The Morgan fingerprint density at radius 2 is 2.17 bits per heavy atom. The van der Waals surface area contributed by atoms with Crippen molar-refractivity contribution in [2.24, 2.45) is 0 Å². The van der Waals surface area contributed by atoms with Crippen molar-refractivity contribution in [2.45, 2.75) is 19.1 Å². The highest BCUT2D eigenvalue weighted by Crippen LogP contribution is 1.99. The van der Waals surface area contributed by atoms with Gasteiger partial charge in [-0.3, -0.25) is 4.79 Å². The van der Waals surface area contributed by atoms with Crippen LogP contribution in [0.4, 0.5) is 0 Å². The largest absolute Gasteiger partial charge is 0.389 e. The fraction of sp³-hybridized carbons (Fsp3) is 0.267. The fourth-order valence-electron chi connectivity index (χ4n) is 1.25. The minimum atomic E-state index is -0.822. The standard InChI is InChI=1S/C15H16O3/c1-2-14(16)11-15(17)9-6-10-18-12-13-7-4-3-5-8-13/h2-5,7-8,14,16H,1,10-12H2. The Balaban J connectivity index is 2.22. The predicted octanol–water partition coefficient (Wildman–Crippen LogP) is 1.71. The summed E-state index contributed by atoms with van der Waals surface area (Å²) in [6.45, 7) is 4.05. The van der Waals surface area contributed by atoms with E-state index in [-0.39, 0.29) is 18.8 Å². The van der Waals surface area contributed by atoms with E-state index >= 15 is 0 Å². The third kappa shape index (κ3) is 6.00. The lowest BCUT2D eigenvalue weighted by Crippen LogP contribution is -2.08. The topological polar surface area (TPSA) is 46.5 Å². The third-order valence-electron chi connectivity index (χ3n) is 2.18. The van der Waals surface area contributed by atoms with Crippen LogP contribution in [0.5, 0.6) is 0 Å². The summed E-state index contributed by atoms with van der Waals surface area (Å²) in [7, 11) is 0. The second-order valence-corrected chi connectivity index (χ2v) is 3.71. The van der Waals surface area contributed by atoms with Gasteiger partial charge in [0.15, 0.2) is 0 Å². The van der Waals surface area contributed by atoms with Gasteiger partial charge in [0.2, 0.25) is 5.78 Å². The highest BCUT2D eigenvalue weighted by molar-refractivity contribution is 5.95. The molecule has 0 saturated carbocycles. The Hall–Kier alpha value is -1.89. The fourth-order valence-corrected chi connectivity index (χ4v) is 1.25. The molecular weight excluding hydrogens is 228 g/mol. The van der Waals surface area contributed by atoms with Crippen LogP contribution in [0.15, 0.2) is 43.0 Å². The number of ether oxygens (including phenoxy) is 1. The quantitative estimate of drug-likeness (QED) is 0.359. The molecule has 1 atom stereocenters. The van der Waals surface area contributed by atoms with E-state index in [1.165, 1.54) is 6.08 Å². The number of aliphatic hydroxyl groups is 1. The zero-order valence-corrected chi connectivity index (χ0v) is 10.1. The van der Waals surface area contributed by atoms with Gasteiger partial charge in [-0.15, -0.1) is 6.58 Å². The van der Waals surface area contributed by atoms with Gasteiger partial charge in [0.05, 0.1) is 12.7 Å². The molecule has 1 rings (SSSR count). The number of ketones is 1. The Labute approximate surface area is 107 Å². The van der Waals surface area contributed by atoms with Crippen LogP contribution in [0.25, 0.3) is 0 Å². The monoisotopic (exact) mass is 244 g/mol. The first-order chi connectivity index (χ1) is 8.72. The van der Waals surface area contributed by atoms with Gasteiger partial charge in [0, 0.05) is 6.42 Å². The lowest BCUT2D eigenvalue weighted by Gasteiger charge is -1.99. The van der Waals surface area contributed by atoms with Crippen LogP contribution in [-0.2, 0) is 16.1 Å². The Bertz CT molecular complexity index is 440. The second kappa shape index (κ2) is 8.24. The summed E-state index contributed by atoms with van der Waals surface area (Å²) in [5.41, 5.74) is 1.06. The second-order valence-electron chi connectivity index (χ2n) is 3.71. The number of hydrogen-bond donors (Lipinski definition) is 1. The first kappa shape index (κ1) is 14.2. The van der Waals surface area contributed by atoms with E-state index in [9.17, 15) is 4.79 Å². The Kier molecular flexibility index (Phi) is 6.49. The first-order valence-corrected chi connectivity index (χ1v) is 5.66. The van der Waals surface area contributed by atoms with Crippen LogP contribution in [0, 0.1) is 11.8 Å².